The van der Waals surface area contributed by atoms with E-state index in [-0.39, 0.29) is 24.2 Å². The Morgan fingerprint density at radius 1 is 1.29 bits per heavy atom. The third kappa shape index (κ3) is 7.11. The second kappa shape index (κ2) is 10.2. The molecule has 0 saturated carbocycles. The van der Waals surface area contributed by atoms with Crippen LogP contribution in [0.2, 0.25) is 0 Å². The lowest BCUT2D eigenvalue weighted by Crippen LogP contribution is -2.26. The van der Waals surface area contributed by atoms with Crippen LogP contribution in [0.25, 0.3) is 0 Å². The van der Waals surface area contributed by atoms with Crippen molar-refractivity contribution < 1.29 is 9.59 Å². The van der Waals surface area contributed by atoms with Crippen LogP contribution in [-0.2, 0) is 11.2 Å². The Labute approximate surface area is 132 Å². The summed E-state index contributed by atoms with van der Waals surface area (Å²) in [6.45, 7) is 1.10. The molecule has 1 rings (SSSR count). The minimum Gasteiger partial charge on any atom is -0.356 e. The zero-order chi connectivity index (χ0) is 15.0. The fourth-order valence-electron chi connectivity index (χ4n) is 1.82. The van der Waals surface area contributed by atoms with E-state index in [0.29, 0.717) is 37.9 Å². The molecule has 21 heavy (non-hydrogen) atoms. The lowest BCUT2D eigenvalue weighted by atomic mass is 10.1. The largest absolute Gasteiger partial charge is 0.356 e. The molecule has 0 unspecified atom stereocenters. The highest BCUT2D eigenvalue weighted by Crippen LogP contribution is 2.07. The number of rotatable bonds is 7. The average molecular weight is 314 g/mol. The van der Waals surface area contributed by atoms with Crippen LogP contribution in [0.15, 0.2) is 24.3 Å². The minimum atomic E-state index is -0.0150. The van der Waals surface area contributed by atoms with E-state index in [1.807, 2.05) is 18.2 Å². The van der Waals surface area contributed by atoms with Crippen molar-refractivity contribution in [1.82, 2.24) is 10.2 Å². The molecule has 0 heterocycles. The molecule has 0 aromatic heterocycles. The molecule has 1 aromatic carbocycles. The quantitative estimate of drug-likeness (QED) is 0.794. The van der Waals surface area contributed by atoms with E-state index in [1.165, 1.54) is 0 Å². The first kappa shape index (κ1) is 19.4. The number of benzene rings is 1. The fourth-order valence-corrected chi connectivity index (χ4v) is 1.82. The van der Waals surface area contributed by atoms with Gasteiger partial charge in [0.1, 0.15) is 0 Å². The number of halogens is 1. The van der Waals surface area contributed by atoms with Crippen LogP contribution < -0.4 is 11.1 Å². The number of nitrogens with one attached hydrogen (secondary N) is 1. The van der Waals surface area contributed by atoms with Crippen LogP contribution in [0, 0.1) is 0 Å². The second-order valence-corrected chi connectivity index (χ2v) is 4.89. The number of amides is 2. The van der Waals surface area contributed by atoms with Crippen LogP contribution in [0.4, 0.5) is 0 Å². The summed E-state index contributed by atoms with van der Waals surface area (Å²) in [5.74, 6) is 0.00908. The van der Waals surface area contributed by atoms with Crippen LogP contribution in [0.3, 0.4) is 0 Å². The van der Waals surface area contributed by atoms with E-state index in [9.17, 15) is 9.59 Å². The van der Waals surface area contributed by atoms with Crippen LogP contribution in [0.1, 0.15) is 28.8 Å². The summed E-state index contributed by atoms with van der Waals surface area (Å²) >= 11 is 0. The summed E-state index contributed by atoms with van der Waals surface area (Å²) in [7, 11) is 3.46. The predicted molar refractivity (Wildman–Crippen MR) is 86.7 cm³/mol. The van der Waals surface area contributed by atoms with Crippen molar-refractivity contribution >= 4 is 24.2 Å². The van der Waals surface area contributed by atoms with Crippen molar-refractivity contribution in [2.75, 3.05) is 27.2 Å². The standard InChI is InChI=1S/C15H23N3O2.ClH/c1-18(2)15(20)13-6-3-5-12(11-13)8-10-17-14(19)7-4-9-16;/h3,5-6,11H,4,7-10,16H2,1-2H3,(H,17,19);1H. The zero-order valence-corrected chi connectivity index (χ0v) is 13.4. The van der Waals surface area contributed by atoms with Crippen molar-refractivity contribution in [1.29, 1.82) is 0 Å². The van der Waals surface area contributed by atoms with Gasteiger partial charge in [-0.05, 0) is 37.1 Å². The van der Waals surface area contributed by atoms with Gasteiger partial charge in [0.2, 0.25) is 5.91 Å². The first-order valence-corrected chi connectivity index (χ1v) is 6.82. The number of carbonyl (C=O) groups excluding carboxylic acids is 2. The lowest BCUT2D eigenvalue weighted by molar-refractivity contribution is -0.121. The van der Waals surface area contributed by atoms with E-state index in [0.717, 1.165) is 5.56 Å². The van der Waals surface area contributed by atoms with Crippen molar-refractivity contribution in [3.63, 3.8) is 0 Å². The number of hydrogen-bond donors (Lipinski definition) is 2. The monoisotopic (exact) mass is 313 g/mol. The molecule has 0 fully saturated rings. The third-order valence-corrected chi connectivity index (χ3v) is 2.92. The molecule has 0 aliphatic rings. The molecule has 1 aromatic rings. The summed E-state index contributed by atoms with van der Waals surface area (Å²) in [5, 5.41) is 2.85. The molecule has 0 aliphatic heterocycles. The van der Waals surface area contributed by atoms with Crippen molar-refractivity contribution in [2.24, 2.45) is 5.73 Å². The third-order valence-electron chi connectivity index (χ3n) is 2.92. The topological polar surface area (TPSA) is 75.4 Å². The maximum absolute atomic E-state index is 11.8. The summed E-state index contributed by atoms with van der Waals surface area (Å²) in [6.07, 6.45) is 1.89. The highest BCUT2D eigenvalue weighted by atomic mass is 35.5. The van der Waals surface area contributed by atoms with Gasteiger partial charge in [-0.3, -0.25) is 9.59 Å². The highest BCUT2D eigenvalue weighted by molar-refractivity contribution is 5.94. The molecule has 0 spiro atoms. The number of nitrogens with zero attached hydrogens (tertiary/aromatic N) is 1. The van der Waals surface area contributed by atoms with Gasteiger partial charge in [0.25, 0.3) is 5.91 Å². The fraction of sp³-hybridized carbons (Fsp3) is 0.467. The molecular formula is C15H24ClN3O2. The summed E-state index contributed by atoms with van der Waals surface area (Å²) < 4.78 is 0. The van der Waals surface area contributed by atoms with Crippen LogP contribution >= 0.6 is 12.4 Å². The van der Waals surface area contributed by atoms with E-state index < -0.39 is 0 Å². The minimum absolute atomic E-state index is 0. The Hall–Kier alpha value is -1.59. The normalized spacial score (nSPS) is 9.67. The Bertz CT molecular complexity index is 464. The maximum atomic E-state index is 11.8. The van der Waals surface area contributed by atoms with Gasteiger partial charge in [-0.2, -0.15) is 0 Å². The summed E-state index contributed by atoms with van der Waals surface area (Å²) in [6, 6.07) is 7.49. The van der Waals surface area contributed by atoms with Crippen molar-refractivity contribution in [3.8, 4) is 0 Å². The molecule has 3 N–H and O–H groups in total. The smallest absolute Gasteiger partial charge is 0.253 e. The maximum Gasteiger partial charge on any atom is 0.253 e. The highest BCUT2D eigenvalue weighted by Gasteiger charge is 2.08. The van der Waals surface area contributed by atoms with Crippen molar-refractivity contribution in [2.45, 2.75) is 19.3 Å². The molecule has 6 heteroatoms. The molecule has 0 bridgehead atoms. The lowest BCUT2D eigenvalue weighted by Gasteiger charge is -2.11. The number of nitrogens with two attached hydrogens (primary N) is 1. The van der Waals surface area contributed by atoms with Gasteiger partial charge in [-0.1, -0.05) is 12.1 Å². The first-order chi connectivity index (χ1) is 9.54. The summed E-state index contributed by atoms with van der Waals surface area (Å²) in [5.41, 5.74) is 7.06. The Kier molecular flexibility index (Phi) is 9.41. The molecule has 0 radical (unpaired) electrons. The number of hydrogen-bond acceptors (Lipinski definition) is 3. The van der Waals surface area contributed by atoms with E-state index in [2.05, 4.69) is 5.32 Å². The Morgan fingerprint density at radius 3 is 2.62 bits per heavy atom. The summed E-state index contributed by atoms with van der Waals surface area (Å²) in [4.78, 5) is 24.8. The van der Waals surface area contributed by atoms with Gasteiger partial charge < -0.3 is 16.0 Å². The van der Waals surface area contributed by atoms with E-state index in [1.54, 1.807) is 25.1 Å². The number of carbonyl (C=O) groups is 2. The Balaban J connectivity index is 0.00000400. The van der Waals surface area contributed by atoms with Crippen LogP contribution in [0.5, 0.6) is 0 Å². The zero-order valence-electron chi connectivity index (χ0n) is 12.6. The van der Waals surface area contributed by atoms with E-state index in [4.69, 9.17) is 5.73 Å². The molecule has 2 amide bonds. The molecular weight excluding hydrogens is 290 g/mol. The van der Waals surface area contributed by atoms with Crippen molar-refractivity contribution in [3.05, 3.63) is 35.4 Å². The van der Waals surface area contributed by atoms with Gasteiger partial charge in [-0.25, -0.2) is 0 Å². The SMILES string of the molecule is CN(C)C(=O)c1cccc(CCNC(=O)CCCN)c1.Cl. The molecule has 0 saturated heterocycles. The molecule has 5 nitrogen and oxygen atoms in total. The Morgan fingerprint density at radius 2 is 2.00 bits per heavy atom. The van der Waals surface area contributed by atoms with Gasteiger partial charge in [0, 0.05) is 32.6 Å². The van der Waals surface area contributed by atoms with Gasteiger partial charge in [0.15, 0.2) is 0 Å². The molecule has 0 atom stereocenters. The van der Waals surface area contributed by atoms with Crippen LogP contribution in [-0.4, -0.2) is 43.9 Å². The predicted octanol–water partition coefficient (Wildman–Crippen LogP) is 1.21. The average Bonchev–Trinajstić information content (AvgIpc) is 2.44. The first-order valence-electron chi connectivity index (χ1n) is 6.82. The molecule has 118 valence electrons. The second-order valence-electron chi connectivity index (χ2n) is 4.89. The molecule has 0 aliphatic carbocycles. The van der Waals surface area contributed by atoms with Gasteiger partial charge in [-0.15, -0.1) is 12.4 Å². The van der Waals surface area contributed by atoms with Gasteiger partial charge in [0.05, 0.1) is 0 Å². The van der Waals surface area contributed by atoms with E-state index >= 15 is 0 Å². The van der Waals surface area contributed by atoms with Gasteiger partial charge >= 0.3 is 0 Å².